The minimum absolute atomic E-state index is 0.000556. The first-order chi connectivity index (χ1) is 6.18. The monoisotopic (exact) mass is 185 g/mol. The lowest BCUT2D eigenvalue weighted by atomic mass is 10.1. The Kier molecular flexibility index (Phi) is 1.90. The average Bonchev–Trinajstić information content (AvgIpc) is 2.81. The van der Waals surface area contributed by atoms with E-state index in [4.69, 9.17) is 0 Å². The van der Waals surface area contributed by atoms with Crippen LogP contribution in [0.3, 0.4) is 0 Å². The standard InChI is InChI=1S/C9H9F2NO/c10-9(11)12-4-3-7(5-12)8(13)6-1-2-6/h3-6,9H,1-2H2. The van der Waals surface area contributed by atoms with Crippen molar-refractivity contribution in [2.24, 2.45) is 5.92 Å². The molecule has 0 aliphatic heterocycles. The van der Waals surface area contributed by atoms with Gasteiger partial charge in [0.05, 0.1) is 0 Å². The minimum Gasteiger partial charge on any atom is -0.298 e. The van der Waals surface area contributed by atoms with Crippen LogP contribution in [0.15, 0.2) is 18.5 Å². The van der Waals surface area contributed by atoms with E-state index >= 15 is 0 Å². The predicted octanol–water partition coefficient (Wildman–Crippen LogP) is 2.48. The largest absolute Gasteiger partial charge is 0.318 e. The summed E-state index contributed by atoms with van der Waals surface area (Å²) in [5.74, 6) is 0.0907. The highest BCUT2D eigenvalue weighted by molar-refractivity contribution is 5.99. The first-order valence-corrected chi connectivity index (χ1v) is 4.18. The molecule has 0 spiro atoms. The Morgan fingerprint density at radius 3 is 2.69 bits per heavy atom. The molecule has 0 atom stereocenters. The molecule has 2 nitrogen and oxygen atoms in total. The molecule has 0 N–H and O–H groups in total. The van der Waals surface area contributed by atoms with Crippen LogP contribution in [0.4, 0.5) is 8.78 Å². The number of alkyl halides is 2. The number of ketones is 1. The summed E-state index contributed by atoms with van der Waals surface area (Å²) in [6.07, 6.45) is 4.25. The third-order valence-electron chi connectivity index (χ3n) is 2.17. The van der Waals surface area contributed by atoms with Gasteiger partial charge in [0.1, 0.15) is 0 Å². The molecule has 1 aliphatic rings. The quantitative estimate of drug-likeness (QED) is 0.663. The van der Waals surface area contributed by atoms with Gasteiger partial charge in [-0.3, -0.25) is 9.36 Å². The lowest BCUT2D eigenvalue weighted by Gasteiger charge is -1.97. The fourth-order valence-electron chi connectivity index (χ4n) is 1.26. The average molecular weight is 185 g/mol. The van der Waals surface area contributed by atoms with Crippen molar-refractivity contribution in [3.8, 4) is 0 Å². The summed E-state index contributed by atoms with van der Waals surface area (Å²) in [7, 11) is 0. The number of nitrogens with zero attached hydrogens (tertiary/aromatic N) is 1. The molecule has 2 rings (SSSR count). The van der Waals surface area contributed by atoms with E-state index in [9.17, 15) is 13.6 Å². The van der Waals surface area contributed by atoms with Crippen molar-refractivity contribution >= 4 is 5.78 Å². The van der Waals surface area contributed by atoms with Crippen molar-refractivity contribution in [2.75, 3.05) is 0 Å². The van der Waals surface area contributed by atoms with Gasteiger partial charge in [-0.05, 0) is 18.9 Å². The smallest absolute Gasteiger partial charge is 0.298 e. The maximum absolute atomic E-state index is 12.1. The van der Waals surface area contributed by atoms with Crippen LogP contribution in [0.2, 0.25) is 0 Å². The van der Waals surface area contributed by atoms with Crippen molar-refractivity contribution < 1.29 is 13.6 Å². The van der Waals surface area contributed by atoms with E-state index in [2.05, 4.69) is 0 Å². The van der Waals surface area contributed by atoms with Gasteiger partial charge in [-0.2, -0.15) is 8.78 Å². The molecule has 0 radical (unpaired) electrons. The third-order valence-corrected chi connectivity index (χ3v) is 2.17. The molecule has 13 heavy (non-hydrogen) atoms. The molecule has 1 aromatic heterocycles. The van der Waals surface area contributed by atoms with Gasteiger partial charge in [-0.25, -0.2) is 0 Å². The van der Waals surface area contributed by atoms with Crippen LogP contribution in [0.5, 0.6) is 0 Å². The van der Waals surface area contributed by atoms with Crippen LogP contribution >= 0.6 is 0 Å². The second kappa shape index (κ2) is 2.94. The van der Waals surface area contributed by atoms with Gasteiger partial charge < -0.3 is 0 Å². The van der Waals surface area contributed by atoms with Crippen molar-refractivity contribution in [1.82, 2.24) is 4.57 Å². The predicted molar refractivity (Wildman–Crippen MR) is 42.7 cm³/mol. The van der Waals surface area contributed by atoms with E-state index in [1.807, 2.05) is 0 Å². The van der Waals surface area contributed by atoms with Crippen LogP contribution in [0, 0.1) is 5.92 Å². The van der Waals surface area contributed by atoms with Gasteiger partial charge in [0.2, 0.25) is 0 Å². The van der Waals surface area contributed by atoms with Crippen LogP contribution in [0.25, 0.3) is 0 Å². The Hall–Kier alpha value is -1.19. The van der Waals surface area contributed by atoms with E-state index in [1.165, 1.54) is 18.5 Å². The molecule has 0 unspecified atom stereocenters. The maximum atomic E-state index is 12.1. The van der Waals surface area contributed by atoms with Crippen molar-refractivity contribution in [3.63, 3.8) is 0 Å². The SMILES string of the molecule is O=C(c1ccn(C(F)F)c1)C1CC1. The van der Waals surface area contributed by atoms with Gasteiger partial charge in [-0.15, -0.1) is 0 Å². The normalized spacial score (nSPS) is 16.5. The number of rotatable bonds is 3. The summed E-state index contributed by atoms with van der Waals surface area (Å²) in [4.78, 5) is 11.4. The van der Waals surface area contributed by atoms with Gasteiger partial charge >= 0.3 is 6.55 Å². The van der Waals surface area contributed by atoms with Gasteiger partial charge in [0.15, 0.2) is 5.78 Å². The van der Waals surface area contributed by atoms with Gasteiger partial charge in [0.25, 0.3) is 0 Å². The number of hydrogen-bond donors (Lipinski definition) is 0. The Morgan fingerprint density at radius 1 is 1.54 bits per heavy atom. The summed E-state index contributed by atoms with van der Waals surface area (Å²) in [6, 6.07) is 1.45. The fraction of sp³-hybridized carbons (Fsp3) is 0.444. The lowest BCUT2D eigenvalue weighted by Crippen LogP contribution is -2.00. The first-order valence-electron chi connectivity index (χ1n) is 4.18. The molecule has 1 aliphatic carbocycles. The number of aromatic nitrogens is 1. The molecular formula is C9H9F2NO. The Morgan fingerprint density at radius 2 is 2.23 bits per heavy atom. The van der Waals surface area contributed by atoms with Crippen LogP contribution in [-0.2, 0) is 0 Å². The van der Waals surface area contributed by atoms with Crippen LogP contribution in [-0.4, -0.2) is 10.4 Å². The maximum Gasteiger partial charge on any atom is 0.318 e. The second-order valence-electron chi connectivity index (χ2n) is 3.26. The molecule has 1 fully saturated rings. The van der Waals surface area contributed by atoms with Crippen LogP contribution in [0.1, 0.15) is 29.7 Å². The summed E-state index contributed by atoms with van der Waals surface area (Å²) in [5, 5.41) is 0. The van der Waals surface area contributed by atoms with Gasteiger partial charge in [0, 0.05) is 23.9 Å². The summed E-state index contributed by atoms with van der Waals surface area (Å²) < 4.78 is 25.0. The summed E-state index contributed by atoms with van der Waals surface area (Å²) in [6.45, 7) is -2.55. The zero-order valence-corrected chi connectivity index (χ0v) is 6.91. The van der Waals surface area contributed by atoms with E-state index < -0.39 is 6.55 Å². The summed E-state index contributed by atoms with van der Waals surface area (Å²) in [5.41, 5.74) is 0.405. The van der Waals surface area contributed by atoms with E-state index in [-0.39, 0.29) is 11.7 Å². The highest BCUT2D eigenvalue weighted by atomic mass is 19.3. The Balaban J connectivity index is 2.16. The molecule has 70 valence electrons. The lowest BCUT2D eigenvalue weighted by molar-refractivity contribution is 0.0705. The second-order valence-corrected chi connectivity index (χ2v) is 3.26. The third kappa shape index (κ3) is 1.61. The van der Waals surface area contributed by atoms with Gasteiger partial charge in [-0.1, -0.05) is 0 Å². The Labute approximate surface area is 74.2 Å². The Bertz CT molecular complexity index is 328. The number of halogens is 2. The van der Waals surface area contributed by atoms with E-state index in [1.54, 1.807) is 0 Å². The molecule has 1 heterocycles. The molecule has 1 saturated carbocycles. The molecule has 0 aromatic carbocycles. The molecule has 1 aromatic rings. The molecule has 4 heteroatoms. The van der Waals surface area contributed by atoms with E-state index in [0.29, 0.717) is 5.56 Å². The number of hydrogen-bond acceptors (Lipinski definition) is 1. The zero-order valence-electron chi connectivity index (χ0n) is 6.91. The highest BCUT2D eigenvalue weighted by Crippen LogP contribution is 2.32. The van der Waals surface area contributed by atoms with Crippen molar-refractivity contribution in [1.29, 1.82) is 0 Å². The number of carbonyl (C=O) groups is 1. The first kappa shape index (κ1) is 8.41. The van der Waals surface area contributed by atoms with Crippen LogP contribution < -0.4 is 0 Å². The number of Topliss-reactive ketones (excluding diaryl/α,β-unsaturated/α-hetero) is 1. The number of carbonyl (C=O) groups excluding carboxylic acids is 1. The molecule has 0 amide bonds. The minimum atomic E-state index is -2.55. The molecule has 0 bridgehead atoms. The summed E-state index contributed by atoms with van der Waals surface area (Å²) >= 11 is 0. The highest BCUT2D eigenvalue weighted by Gasteiger charge is 2.30. The van der Waals surface area contributed by atoms with E-state index in [0.717, 1.165) is 17.4 Å². The molecule has 0 saturated heterocycles. The fourth-order valence-corrected chi connectivity index (χ4v) is 1.26. The zero-order chi connectivity index (χ0) is 9.42. The van der Waals surface area contributed by atoms with Crippen molar-refractivity contribution in [2.45, 2.75) is 19.4 Å². The topological polar surface area (TPSA) is 22.0 Å². The molecular weight excluding hydrogens is 176 g/mol. The van der Waals surface area contributed by atoms with Crippen molar-refractivity contribution in [3.05, 3.63) is 24.0 Å².